The molecule has 0 unspecified atom stereocenters. The second-order valence-corrected chi connectivity index (χ2v) is 6.09. The number of carbonyl (C=O) groups excluding carboxylic acids is 2. The van der Waals surface area contributed by atoms with Gasteiger partial charge in [-0.1, -0.05) is 12.1 Å². The van der Waals surface area contributed by atoms with Crippen molar-refractivity contribution in [3.63, 3.8) is 0 Å². The molecule has 2 heterocycles. The van der Waals surface area contributed by atoms with E-state index in [4.69, 9.17) is 9.47 Å². The fourth-order valence-corrected chi connectivity index (χ4v) is 3.44. The van der Waals surface area contributed by atoms with Gasteiger partial charge in [-0.3, -0.25) is 4.79 Å². The van der Waals surface area contributed by atoms with E-state index in [0.717, 1.165) is 17.4 Å². The molecule has 0 N–H and O–H groups in total. The summed E-state index contributed by atoms with van der Waals surface area (Å²) in [6, 6.07) is 9.38. The third-order valence-electron chi connectivity index (χ3n) is 4.37. The van der Waals surface area contributed by atoms with Gasteiger partial charge in [0, 0.05) is 17.3 Å². The van der Waals surface area contributed by atoms with Crippen molar-refractivity contribution in [1.82, 2.24) is 4.40 Å². The first-order chi connectivity index (χ1) is 12.5. The summed E-state index contributed by atoms with van der Waals surface area (Å²) in [5.74, 6) is 0.181. The number of benzene rings is 1. The van der Waals surface area contributed by atoms with Crippen LogP contribution in [0.15, 0.2) is 36.5 Å². The van der Waals surface area contributed by atoms with Gasteiger partial charge in [0.15, 0.2) is 6.29 Å². The molecule has 2 aromatic heterocycles. The molecule has 5 heteroatoms. The lowest BCUT2D eigenvalue weighted by Gasteiger charge is -2.14. The van der Waals surface area contributed by atoms with Crippen molar-refractivity contribution in [3.05, 3.63) is 58.9 Å². The lowest BCUT2D eigenvalue weighted by molar-refractivity contribution is 0.0529. The summed E-state index contributed by atoms with van der Waals surface area (Å²) in [6.07, 6.45) is 2.53. The molecule has 3 aromatic rings. The first-order valence-electron chi connectivity index (χ1n) is 8.44. The fraction of sp³-hybridized carbons (Fsp3) is 0.238. The van der Waals surface area contributed by atoms with Crippen LogP contribution in [-0.4, -0.2) is 30.4 Å². The van der Waals surface area contributed by atoms with E-state index in [0.29, 0.717) is 33.7 Å². The Hall–Kier alpha value is -3.08. The number of nitrogens with zero attached hydrogens (tertiary/aromatic N) is 1. The SMILES string of the molecule is CCOC(=O)c1c(-c2cc(C)cc(C)c2OC)c(C=O)n2ccccc12. The van der Waals surface area contributed by atoms with E-state index in [1.807, 2.05) is 38.1 Å². The Morgan fingerprint density at radius 3 is 2.65 bits per heavy atom. The van der Waals surface area contributed by atoms with E-state index in [9.17, 15) is 9.59 Å². The van der Waals surface area contributed by atoms with Gasteiger partial charge in [-0.2, -0.15) is 0 Å². The second-order valence-electron chi connectivity index (χ2n) is 6.09. The van der Waals surface area contributed by atoms with Crippen LogP contribution in [0.1, 0.15) is 38.9 Å². The minimum Gasteiger partial charge on any atom is -0.496 e. The topological polar surface area (TPSA) is 57.0 Å². The third-order valence-corrected chi connectivity index (χ3v) is 4.37. The highest BCUT2D eigenvalue weighted by molar-refractivity contribution is 6.10. The van der Waals surface area contributed by atoms with Crippen LogP contribution >= 0.6 is 0 Å². The number of aldehydes is 1. The standard InChI is InChI=1S/C21H21NO4/c1-5-26-21(24)19-16-8-6-7-9-22(16)17(12-23)18(19)15-11-13(2)10-14(3)20(15)25-4/h6-12H,5H2,1-4H3. The summed E-state index contributed by atoms with van der Waals surface area (Å²) < 4.78 is 12.6. The van der Waals surface area contributed by atoms with Crippen LogP contribution in [0.3, 0.4) is 0 Å². The average molecular weight is 351 g/mol. The van der Waals surface area contributed by atoms with Crippen LogP contribution < -0.4 is 4.74 Å². The molecule has 5 nitrogen and oxygen atoms in total. The Bertz CT molecular complexity index is 1000. The van der Waals surface area contributed by atoms with Crippen molar-refractivity contribution < 1.29 is 19.1 Å². The Labute approximate surface area is 152 Å². The maximum Gasteiger partial charge on any atom is 0.340 e. The Morgan fingerprint density at radius 1 is 1.23 bits per heavy atom. The molecule has 0 spiro atoms. The molecule has 0 saturated carbocycles. The van der Waals surface area contributed by atoms with Crippen LogP contribution in [0.25, 0.3) is 16.6 Å². The summed E-state index contributed by atoms with van der Waals surface area (Å²) >= 11 is 0. The highest BCUT2D eigenvalue weighted by atomic mass is 16.5. The molecular formula is C21H21NO4. The molecule has 26 heavy (non-hydrogen) atoms. The molecule has 3 rings (SSSR count). The predicted molar refractivity (Wildman–Crippen MR) is 100 cm³/mol. The van der Waals surface area contributed by atoms with Gasteiger partial charge < -0.3 is 13.9 Å². The van der Waals surface area contributed by atoms with E-state index in [1.54, 1.807) is 30.7 Å². The number of carbonyl (C=O) groups is 2. The quantitative estimate of drug-likeness (QED) is 0.510. The maximum atomic E-state index is 12.8. The smallest absolute Gasteiger partial charge is 0.340 e. The Balaban J connectivity index is 2.48. The molecule has 1 aromatic carbocycles. The van der Waals surface area contributed by atoms with Gasteiger partial charge in [-0.25, -0.2) is 4.79 Å². The molecule has 134 valence electrons. The van der Waals surface area contributed by atoms with E-state index in [1.165, 1.54) is 0 Å². The largest absolute Gasteiger partial charge is 0.496 e. The summed E-state index contributed by atoms with van der Waals surface area (Å²) in [7, 11) is 1.58. The Kier molecular flexibility index (Phi) is 4.80. The minimum atomic E-state index is -0.458. The number of methoxy groups -OCH3 is 1. The molecule has 0 atom stereocenters. The minimum absolute atomic E-state index is 0.253. The molecule has 0 aliphatic heterocycles. The summed E-state index contributed by atoms with van der Waals surface area (Å²) in [5, 5.41) is 0. The number of hydrogen-bond acceptors (Lipinski definition) is 4. The zero-order valence-corrected chi connectivity index (χ0v) is 15.3. The number of esters is 1. The molecule has 0 aliphatic rings. The molecule has 0 saturated heterocycles. The maximum absolute atomic E-state index is 12.8. The highest BCUT2D eigenvalue weighted by Crippen LogP contribution is 2.40. The number of fused-ring (bicyclic) bond motifs is 1. The zero-order chi connectivity index (χ0) is 18.8. The molecule has 0 bridgehead atoms. The predicted octanol–water partition coefficient (Wildman–Crippen LogP) is 4.22. The fourth-order valence-electron chi connectivity index (χ4n) is 3.44. The van der Waals surface area contributed by atoms with Gasteiger partial charge in [0.2, 0.25) is 0 Å². The number of rotatable bonds is 5. The van der Waals surface area contributed by atoms with Crippen LogP contribution in [0.2, 0.25) is 0 Å². The van der Waals surface area contributed by atoms with Crippen molar-refractivity contribution in [2.75, 3.05) is 13.7 Å². The summed E-state index contributed by atoms with van der Waals surface area (Å²) in [6.45, 7) is 5.92. The second kappa shape index (κ2) is 7.04. The van der Waals surface area contributed by atoms with Crippen LogP contribution in [0.5, 0.6) is 5.75 Å². The van der Waals surface area contributed by atoms with Crippen LogP contribution in [-0.2, 0) is 4.74 Å². The normalized spacial score (nSPS) is 10.8. The number of pyridine rings is 1. The lowest BCUT2D eigenvalue weighted by atomic mass is 9.95. The van der Waals surface area contributed by atoms with Gasteiger partial charge in [0.1, 0.15) is 5.75 Å². The van der Waals surface area contributed by atoms with E-state index < -0.39 is 5.97 Å². The van der Waals surface area contributed by atoms with Crippen molar-refractivity contribution in [2.24, 2.45) is 0 Å². The van der Waals surface area contributed by atoms with Crippen molar-refractivity contribution in [3.8, 4) is 16.9 Å². The van der Waals surface area contributed by atoms with E-state index in [-0.39, 0.29) is 6.61 Å². The molecule has 0 radical (unpaired) electrons. The molecule has 0 aliphatic carbocycles. The number of ether oxygens (including phenoxy) is 2. The van der Waals surface area contributed by atoms with Gasteiger partial charge in [0.25, 0.3) is 0 Å². The van der Waals surface area contributed by atoms with E-state index >= 15 is 0 Å². The van der Waals surface area contributed by atoms with Crippen molar-refractivity contribution in [2.45, 2.75) is 20.8 Å². The zero-order valence-electron chi connectivity index (χ0n) is 15.3. The Morgan fingerprint density at radius 2 is 2.00 bits per heavy atom. The first kappa shape index (κ1) is 17.7. The summed E-state index contributed by atoms with van der Waals surface area (Å²) in [4.78, 5) is 24.7. The monoisotopic (exact) mass is 351 g/mol. The molecular weight excluding hydrogens is 330 g/mol. The number of aromatic nitrogens is 1. The van der Waals surface area contributed by atoms with Crippen molar-refractivity contribution in [1.29, 1.82) is 0 Å². The third kappa shape index (κ3) is 2.75. The molecule has 0 amide bonds. The van der Waals surface area contributed by atoms with Gasteiger partial charge in [-0.15, -0.1) is 0 Å². The molecule has 0 fully saturated rings. The number of hydrogen-bond donors (Lipinski definition) is 0. The van der Waals surface area contributed by atoms with Crippen LogP contribution in [0.4, 0.5) is 0 Å². The lowest BCUT2D eigenvalue weighted by Crippen LogP contribution is -2.06. The van der Waals surface area contributed by atoms with Gasteiger partial charge >= 0.3 is 5.97 Å². The first-order valence-corrected chi connectivity index (χ1v) is 8.44. The number of aryl methyl sites for hydroxylation is 2. The van der Waals surface area contributed by atoms with E-state index in [2.05, 4.69) is 0 Å². The van der Waals surface area contributed by atoms with Gasteiger partial charge in [-0.05, 0) is 50.1 Å². The summed E-state index contributed by atoms with van der Waals surface area (Å²) in [5.41, 5.74) is 4.59. The van der Waals surface area contributed by atoms with Gasteiger partial charge in [0.05, 0.1) is 30.5 Å². The average Bonchev–Trinajstić information content (AvgIpc) is 2.95. The van der Waals surface area contributed by atoms with Crippen molar-refractivity contribution >= 4 is 17.8 Å². The highest BCUT2D eigenvalue weighted by Gasteiger charge is 2.27. The van der Waals surface area contributed by atoms with Crippen LogP contribution in [0, 0.1) is 13.8 Å².